The van der Waals surface area contributed by atoms with E-state index in [-0.39, 0.29) is 29.8 Å². The zero-order valence-electron chi connectivity index (χ0n) is 21.1. The number of piperazine rings is 1. The van der Waals surface area contributed by atoms with Crippen molar-refractivity contribution in [3.8, 4) is 0 Å². The minimum Gasteiger partial charge on any atom is -0.360 e. The number of sulfonamides is 1. The van der Waals surface area contributed by atoms with Crippen molar-refractivity contribution in [1.82, 2.24) is 9.88 Å². The van der Waals surface area contributed by atoms with Gasteiger partial charge in [0, 0.05) is 49.0 Å². The van der Waals surface area contributed by atoms with Crippen molar-refractivity contribution in [3.63, 3.8) is 0 Å². The lowest BCUT2D eigenvalue weighted by Gasteiger charge is -2.40. The highest BCUT2D eigenvalue weighted by atomic mass is 35.5. The number of hydrogen-bond donors (Lipinski definition) is 1. The van der Waals surface area contributed by atoms with Crippen molar-refractivity contribution in [2.24, 2.45) is 0 Å². The van der Waals surface area contributed by atoms with Crippen LogP contribution in [-0.2, 0) is 26.0 Å². The van der Waals surface area contributed by atoms with E-state index in [9.17, 15) is 18.0 Å². The molecule has 0 saturated carbocycles. The Bertz CT molecular complexity index is 1470. The van der Waals surface area contributed by atoms with Crippen LogP contribution in [0.3, 0.4) is 0 Å². The molecule has 2 aliphatic heterocycles. The summed E-state index contributed by atoms with van der Waals surface area (Å²) in [5.41, 5.74) is 3.72. The molecule has 1 saturated heterocycles. The average Bonchev–Trinajstić information content (AvgIpc) is 3.40. The van der Waals surface area contributed by atoms with Gasteiger partial charge in [-0.3, -0.25) is 14.3 Å². The number of hydrogen-bond acceptors (Lipinski definition) is 7. The Hall–Kier alpha value is -3.15. The monoisotopic (exact) mass is 575 g/mol. The normalized spacial score (nSPS) is 16.8. The van der Waals surface area contributed by atoms with Gasteiger partial charge in [0.15, 0.2) is 5.13 Å². The van der Waals surface area contributed by atoms with E-state index in [1.54, 1.807) is 27.3 Å². The highest BCUT2D eigenvalue weighted by Gasteiger charge is 2.34. The second-order valence-corrected chi connectivity index (χ2v) is 12.4. The first-order valence-electron chi connectivity index (χ1n) is 12.3. The van der Waals surface area contributed by atoms with E-state index in [0.717, 1.165) is 41.2 Å². The second-order valence-electron chi connectivity index (χ2n) is 9.44. The Morgan fingerprint density at radius 2 is 1.95 bits per heavy atom. The van der Waals surface area contributed by atoms with Crippen molar-refractivity contribution in [2.45, 2.75) is 37.6 Å². The Morgan fingerprint density at radius 1 is 1.18 bits per heavy atom. The van der Waals surface area contributed by atoms with Crippen LogP contribution in [0.2, 0.25) is 5.02 Å². The van der Waals surface area contributed by atoms with Crippen LogP contribution in [0.5, 0.6) is 0 Å². The first-order valence-corrected chi connectivity index (χ1v) is 15.1. The van der Waals surface area contributed by atoms with Gasteiger partial charge in [-0.25, -0.2) is 13.4 Å². The summed E-state index contributed by atoms with van der Waals surface area (Å²) in [6, 6.07) is 9.74. The molecule has 1 atom stereocenters. The molecule has 12 heteroatoms. The molecule has 2 aliphatic rings. The molecular formula is C26H30ClN5O4S2. The quantitative estimate of drug-likeness (QED) is 0.473. The zero-order chi connectivity index (χ0) is 27.0. The predicted molar refractivity (Wildman–Crippen MR) is 152 cm³/mol. The van der Waals surface area contributed by atoms with Gasteiger partial charge in [0.1, 0.15) is 12.6 Å². The van der Waals surface area contributed by atoms with Crippen LogP contribution >= 0.6 is 22.9 Å². The molecule has 202 valence electrons. The summed E-state index contributed by atoms with van der Waals surface area (Å²) in [4.78, 5) is 35.8. The maximum absolute atomic E-state index is 13.4. The Kier molecular flexibility index (Phi) is 7.34. The van der Waals surface area contributed by atoms with Gasteiger partial charge < -0.3 is 14.7 Å². The highest BCUT2D eigenvalue weighted by Crippen LogP contribution is 2.34. The SMILES string of the molecule is Cc1cc2c(cc1Cl)CCCN2[C@H](C)C(=O)N1CCN(c2ccc(S(=O)(=O)Nc3nccs3)cc2)C(=O)C1.[HH]. The van der Waals surface area contributed by atoms with Gasteiger partial charge in [-0.2, -0.15) is 0 Å². The van der Waals surface area contributed by atoms with Crippen LogP contribution in [-0.4, -0.2) is 62.3 Å². The van der Waals surface area contributed by atoms with Gasteiger partial charge >= 0.3 is 0 Å². The van der Waals surface area contributed by atoms with Gasteiger partial charge in [0.2, 0.25) is 11.8 Å². The minimum atomic E-state index is -3.78. The van der Waals surface area contributed by atoms with Gasteiger partial charge in [-0.05, 0) is 74.2 Å². The molecule has 9 nitrogen and oxygen atoms in total. The number of thiazole rings is 1. The molecule has 2 amide bonds. The molecular weight excluding hydrogens is 546 g/mol. The van der Waals surface area contributed by atoms with Gasteiger partial charge in [0.25, 0.3) is 10.0 Å². The van der Waals surface area contributed by atoms with E-state index >= 15 is 0 Å². The Balaban J connectivity index is 0.00000353. The third kappa shape index (κ3) is 5.23. The lowest BCUT2D eigenvalue weighted by molar-refractivity contribution is -0.137. The van der Waals surface area contributed by atoms with E-state index in [1.807, 2.05) is 26.0 Å². The molecule has 0 bridgehead atoms. The molecule has 0 aliphatic carbocycles. The van der Waals surface area contributed by atoms with Crippen LogP contribution in [0.4, 0.5) is 16.5 Å². The average molecular weight is 576 g/mol. The van der Waals surface area contributed by atoms with Gasteiger partial charge in [-0.15, -0.1) is 11.3 Å². The predicted octanol–water partition coefficient (Wildman–Crippen LogP) is 4.17. The molecule has 0 unspecified atom stereocenters. The van der Waals surface area contributed by atoms with Crippen molar-refractivity contribution in [3.05, 3.63) is 64.1 Å². The Morgan fingerprint density at radius 3 is 2.63 bits per heavy atom. The largest absolute Gasteiger partial charge is 0.360 e. The molecule has 1 aromatic heterocycles. The lowest BCUT2D eigenvalue weighted by Crippen LogP contribution is -2.57. The maximum atomic E-state index is 13.4. The van der Waals surface area contributed by atoms with Crippen molar-refractivity contribution in [2.75, 3.05) is 40.7 Å². The van der Waals surface area contributed by atoms with Gasteiger partial charge in [-0.1, -0.05) is 11.6 Å². The van der Waals surface area contributed by atoms with E-state index in [4.69, 9.17) is 11.6 Å². The fourth-order valence-corrected chi connectivity index (χ4v) is 6.90. The number of nitrogens with one attached hydrogen (secondary N) is 1. The summed E-state index contributed by atoms with van der Waals surface area (Å²) in [6.07, 6.45) is 3.37. The second kappa shape index (κ2) is 10.5. The van der Waals surface area contributed by atoms with E-state index in [2.05, 4.69) is 14.6 Å². The van der Waals surface area contributed by atoms with Crippen LogP contribution in [0.15, 0.2) is 52.9 Å². The first-order chi connectivity index (χ1) is 18.1. The van der Waals surface area contributed by atoms with Crippen LogP contribution in [0, 0.1) is 6.92 Å². The molecule has 2 aromatic carbocycles. The number of carbonyl (C=O) groups is 2. The highest BCUT2D eigenvalue weighted by molar-refractivity contribution is 7.93. The zero-order valence-corrected chi connectivity index (χ0v) is 23.4. The molecule has 5 rings (SSSR count). The standard InChI is InChI=1S/C26H28ClN5O4S2.H2/c1-17-14-23-19(15-22(17)27)4-3-10-31(23)18(2)25(34)30-11-12-32(24(33)16-30)20-5-7-21(8-6-20)38(35,36)29-26-28-9-13-37-26;/h5-9,13-15,18H,3-4,10-12,16H2,1-2H3,(H,28,29);1H/t18-;/m1./s1. The van der Waals surface area contributed by atoms with Gasteiger partial charge in [0.05, 0.1) is 4.90 Å². The number of nitrogens with zero attached hydrogens (tertiary/aromatic N) is 4. The molecule has 38 heavy (non-hydrogen) atoms. The summed E-state index contributed by atoms with van der Waals surface area (Å²) in [7, 11) is -3.78. The Labute approximate surface area is 232 Å². The summed E-state index contributed by atoms with van der Waals surface area (Å²) in [5.74, 6) is -0.303. The van der Waals surface area contributed by atoms with E-state index in [1.165, 1.54) is 29.7 Å². The number of aryl methyl sites for hydroxylation is 2. The van der Waals surface area contributed by atoms with Crippen LogP contribution < -0.4 is 14.5 Å². The number of rotatable bonds is 6. The molecule has 1 fully saturated rings. The van der Waals surface area contributed by atoms with E-state index < -0.39 is 16.1 Å². The number of anilines is 3. The summed E-state index contributed by atoms with van der Waals surface area (Å²) in [6.45, 7) is 5.29. The topological polar surface area (TPSA) is 103 Å². The smallest absolute Gasteiger partial charge is 0.263 e. The van der Waals surface area contributed by atoms with Crippen molar-refractivity contribution in [1.29, 1.82) is 0 Å². The fraction of sp³-hybridized carbons (Fsp3) is 0.346. The summed E-state index contributed by atoms with van der Waals surface area (Å²) in [5, 5.41) is 2.69. The number of aromatic nitrogens is 1. The number of benzene rings is 2. The maximum Gasteiger partial charge on any atom is 0.263 e. The first kappa shape index (κ1) is 26.5. The molecule has 3 aromatic rings. The molecule has 0 radical (unpaired) electrons. The minimum absolute atomic E-state index is 0. The summed E-state index contributed by atoms with van der Waals surface area (Å²) >= 11 is 7.51. The van der Waals surface area contributed by atoms with E-state index in [0.29, 0.717) is 18.8 Å². The molecule has 0 spiro atoms. The lowest BCUT2D eigenvalue weighted by atomic mass is 9.98. The number of carbonyl (C=O) groups excluding carboxylic acids is 2. The third-order valence-corrected chi connectivity index (χ3v) is 9.56. The third-order valence-electron chi connectivity index (χ3n) is 6.98. The molecule has 3 heterocycles. The number of halogens is 1. The van der Waals surface area contributed by atoms with Crippen molar-refractivity contribution < 1.29 is 19.4 Å². The van der Waals surface area contributed by atoms with Crippen LogP contribution in [0.25, 0.3) is 0 Å². The number of amides is 2. The fourth-order valence-electron chi connectivity index (χ4n) is 4.92. The van der Waals surface area contributed by atoms with Crippen LogP contribution in [0.1, 0.15) is 25.9 Å². The molecule has 1 N–H and O–H groups in total. The summed E-state index contributed by atoms with van der Waals surface area (Å²) < 4.78 is 27.6. The number of fused-ring (bicyclic) bond motifs is 1. The van der Waals surface area contributed by atoms with Crippen molar-refractivity contribution >= 4 is 61.3 Å².